The number of likely N-dealkylation sites (N-methyl/N-ethyl adjacent to an activating group) is 1. The van der Waals surface area contributed by atoms with E-state index in [9.17, 15) is 5.11 Å². The molecule has 0 radical (unpaired) electrons. The maximum absolute atomic E-state index is 9.93. The first-order valence-corrected chi connectivity index (χ1v) is 7.25. The standard InChI is InChI=1S/C14H25N5O/c1-4-5-16-13-7-15-8-14(17-13)19-10-12(20)6-11(19)9-18(2)3/h7-8,11-12,20H,4-6,9-10H2,1-3H3,(H,16,17). The van der Waals surface area contributed by atoms with E-state index in [2.05, 4.69) is 32.0 Å². The molecule has 20 heavy (non-hydrogen) atoms. The van der Waals surface area contributed by atoms with Crippen molar-refractivity contribution < 1.29 is 5.11 Å². The van der Waals surface area contributed by atoms with E-state index >= 15 is 0 Å². The van der Waals surface area contributed by atoms with Crippen molar-refractivity contribution in [2.24, 2.45) is 0 Å². The number of aromatic nitrogens is 2. The lowest BCUT2D eigenvalue weighted by molar-refractivity contribution is 0.191. The molecule has 112 valence electrons. The van der Waals surface area contributed by atoms with E-state index in [-0.39, 0.29) is 12.1 Å². The lowest BCUT2D eigenvalue weighted by atomic mass is 10.2. The molecule has 0 amide bonds. The summed E-state index contributed by atoms with van der Waals surface area (Å²) in [5.74, 6) is 1.64. The minimum Gasteiger partial charge on any atom is -0.391 e. The first-order valence-electron chi connectivity index (χ1n) is 7.25. The zero-order valence-corrected chi connectivity index (χ0v) is 12.6. The van der Waals surface area contributed by atoms with Crippen molar-refractivity contribution in [2.75, 3.05) is 43.9 Å². The number of rotatable bonds is 6. The second-order valence-corrected chi connectivity index (χ2v) is 5.65. The van der Waals surface area contributed by atoms with Crippen molar-refractivity contribution in [1.82, 2.24) is 14.9 Å². The summed E-state index contributed by atoms with van der Waals surface area (Å²) >= 11 is 0. The quantitative estimate of drug-likeness (QED) is 0.803. The van der Waals surface area contributed by atoms with Crippen molar-refractivity contribution in [3.8, 4) is 0 Å². The number of anilines is 2. The molecule has 1 aliphatic heterocycles. The molecule has 2 N–H and O–H groups in total. The topological polar surface area (TPSA) is 64.5 Å². The Morgan fingerprint density at radius 1 is 1.45 bits per heavy atom. The van der Waals surface area contributed by atoms with Crippen molar-refractivity contribution >= 4 is 11.6 Å². The summed E-state index contributed by atoms with van der Waals surface area (Å²) in [4.78, 5) is 13.2. The predicted octanol–water partition coefficient (Wildman–Crippen LogP) is 0.800. The van der Waals surface area contributed by atoms with Gasteiger partial charge in [-0.05, 0) is 26.9 Å². The maximum Gasteiger partial charge on any atom is 0.149 e. The zero-order chi connectivity index (χ0) is 14.5. The Hall–Kier alpha value is -1.40. The summed E-state index contributed by atoms with van der Waals surface area (Å²) < 4.78 is 0. The van der Waals surface area contributed by atoms with Crippen LogP contribution in [0.3, 0.4) is 0 Å². The van der Waals surface area contributed by atoms with Gasteiger partial charge >= 0.3 is 0 Å². The summed E-state index contributed by atoms with van der Waals surface area (Å²) in [6.45, 7) is 4.55. The Labute approximate surface area is 120 Å². The Morgan fingerprint density at radius 2 is 2.25 bits per heavy atom. The van der Waals surface area contributed by atoms with Gasteiger partial charge in [0.25, 0.3) is 0 Å². The molecule has 2 rings (SSSR count). The molecule has 0 spiro atoms. The molecule has 0 bridgehead atoms. The number of nitrogens with zero attached hydrogens (tertiary/aromatic N) is 4. The van der Waals surface area contributed by atoms with E-state index in [1.807, 2.05) is 14.1 Å². The van der Waals surface area contributed by atoms with E-state index in [4.69, 9.17) is 0 Å². The Morgan fingerprint density at radius 3 is 2.95 bits per heavy atom. The van der Waals surface area contributed by atoms with E-state index in [1.165, 1.54) is 0 Å². The summed E-state index contributed by atoms with van der Waals surface area (Å²) in [6.07, 6.45) is 5.07. The number of hydrogen-bond donors (Lipinski definition) is 2. The predicted molar refractivity (Wildman–Crippen MR) is 81.1 cm³/mol. The molecular formula is C14H25N5O. The first kappa shape index (κ1) is 15.0. The fraction of sp³-hybridized carbons (Fsp3) is 0.714. The molecule has 0 aromatic carbocycles. The number of nitrogens with one attached hydrogen (secondary N) is 1. The fourth-order valence-electron chi connectivity index (χ4n) is 2.60. The van der Waals surface area contributed by atoms with Crippen LogP contribution >= 0.6 is 0 Å². The summed E-state index contributed by atoms with van der Waals surface area (Å²) in [6, 6.07) is 0.288. The van der Waals surface area contributed by atoms with E-state index in [0.29, 0.717) is 6.54 Å². The normalized spacial score (nSPS) is 22.6. The van der Waals surface area contributed by atoms with Gasteiger partial charge in [-0.2, -0.15) is 0 Å². The van der Waals surface area contributed by atoms with Gasteiger partial charge < -0.3 is 20.2 Å². The molecule has 1 aromatic rings. The highest BCUT2D eigenvalue weighted by Gasteiger charge is 2.32. The van der Waals surface area contributed by atoms with Crippen molar-refractivity contribution in [2.45, 2.75) is 31.9 Å². The monoisotopic (exact) mass is 279 g/mol. The average Bonchev–Trinajstić information content (AvgIpc) is 2.76. The molecule has 0 saturated carbocycles. The molecule has 0 aliphatic carbocycles. The lowest BCUT2D eigenvalue weighted by Gasteiger charge is -2.27. The van der Waals surface area contributed by atoms with Gasteiger partial charge in [0.05, 0.1) is 18.5 Å². The number of aliphatic hydroxyl groups is 1. The van der Waals surface area contributed by atoms with Crippen LogP contribution in [0.4, 0.5) is 11.6 Å². The van der Waals surface area contributed by atoms with E-state index in [1.54, 1.807) is 12.4 Å². The van der Waals surface area contributed by atoms with Crippen LogP contribution in [-0.2, 0) is 0 Å². The van der Waals surface area contributed by atoms with Gasteiger partial charge in [0.1, 0.15) is 11.6 Å². The van der Waals surface area contributed by atoms with Crippen LogP contribution in [0.15, 0.2) is 12.4 Å². The van der Waals surface area contributed by atoms with Crippen LogP contribution in [-0.4, -0.2) is 65.8 Å². The smallest absolute Gasteiger partial charge is 0.149 e. The van der Waals surface area contributed by atoms with Crippen LogP contribution < -0.4 is 10.2 Å². The maximum atomic E-state index is 9.93. The second-order valence-electron chi connectivity index (χ2n) is 5.65. The SMILES string of the molecule is CCCNc1cncc(N2CC(O)CC2CN(C)C)n1. The second kappa shape index (κ2) is 6.85. The van der Waals surface area contributed by atoms with Crippen molar-refractivity contribution in [3.05, 3.63) is 12.4 Å². The Bertz CT molecular complexity index is 426. The number of hydrogen-bond acceptors (Lipinski definition) is 6. The largest absolute Gasteiger partial charge is 0.391 e. The summed E-state index contributed by atoms with van der Waals surface area (Å²) in [5, 5.41) is 13.2. The van der Waals surface area contributed by atoms with Gasteiger partial charge in [-0.1, -0.05) is 6.92 Å². The van der Waals surface area contributed by atoms with Gasteiger partial charge in [-0.25, -0.2) is 4.98 Å². The lowest BCUT2D eigenvalue weighted by Crippen LogP contribution is -2.38. The number of β-amino-alcohol motifs (C(OH)–C–C–N with tert-alkyl or cyclic N) is 1. The minimum atomic E-state index is -0.283. The third-order valence-electron chi connectivity index (χ3n) is 3.44. The van der Waals surface area contributed by atoms with Crippen molar-refractivity contribution in [1.29, 1.82) is 0 Å². The molecule has 6 nitrogen and oxygen atoms in total. The Kier molecular flexibility index (Phi) is 5.14. The highest BCUT2D eigenvalue weighted by Crippen LogP contribution is 2.24. The fourth-order valence-corrected chi connectivity index (χ4v) is 2.60. The van der Waals surface area contributed by atoms with Crippen molar-refractivity contribution in [3.63, 3.8) is 0 Å². The molecule has 1 aliphatic rings. The Balaban J connectivity index is 2.11. The van der Waals surface area contributed by atoms with Gasteiger partial charge in [-0.3, -0.25) is 4.98 Å². The van der Waals surface area contributed by atoms with Gasteiger partial charge in [0.15, 0.2) is 0 Å². The number of aliphatic hydroxyl groups excluding tert-OH is 1. The average molecular weight is 279 g/mol. The molecule has 1 fully saturated rings. The molecular weight excluding hydrogens is 254 g/mol. The van der Waals surface area contributed by atoms with Crippen LogP contribution in [0.1, 0.15) is 19.8 Å². The van der Waals surface area contributed by atoms with Gasteiger partial charge in [-0.15, -0.1) is 0 Å². The highest BCUT2D eigenvalue weighted by molar-refractivity contribution is 5.46. The third-order valence-corrected chi connectivity index (χ3v) is 3.44. The van der Waals surface area contributed by atoms with Crippen LogP contribution in [0, 0.1) is 0 Å². The van der Waals surface area contributed by atoms with E-state index in [0.717, 1.165) is 37.6 Å². The molecule has 6 heteroatoms. The van der Waals surface area contributed by atoms with Crippen LogP contribution in [0.2, 0.25) is 0 Å². The summed E-state index contributed by atoms with van der Waals surface area (Å²) in [7, 11) is 4.10. The molecule has 1 saturated heterocycles. The first-order chi connectivity index (χ1) is 9.60. The van der Waals surface area contributed by atoms with Crippen LogP contribution in [0.5, 0.6) is 0 Å². The van der Waals surface area contributed by atoms with Gasteiger partial charge in [0.2, 0.25) is 0 Å². The minimum absolute atomic E-state index is 0.283. The third kappa shape index (κ3) is 3.80. The molecule has 2 unspecified atom stereocenters. The molecule has 1 aromatic heterocycles. The zero-order valence-electron chi connectivity index (χ0n) is 12.6. The summed E-state index contributed by atoms with van der Waals surface area (Å²) in [5.41, 5.74) is 0. The highest BCUT2D eigenvalue weighted by atomic mass is 16.3. The van der Waals surface area contributed by atoms with E-state index < -0.39 is 0 Å². The van der Waals surface area contributed by atoms with Crippen LogP contribution in [0.25, 0.3) is 0 Å². The molecule has 2 atom stereocenters. The molecule has 2 heterocycles. The van der Waals surface area contributed by atoms with Gasteiger partial charge in [0, 0.05) is 25.7 Å².